The highest BCUT2D eigenvalue weighted by atomic mass is 35.5. The molecule has 1 aromatic heterocycles. The number of hydrogen-bond donors (Lipinski definition) is 1. The van der Waals surface area contributed by atoms with Crippen LogP contribution in [0.3, 0.4) is 0 Å². The molecule has 5 rings (SSSR count). The summed E-state index contributed by atoms with van der Waals surface area (Å²) in [6.45, 7) is 5.50. The highest BCUT2D eigenvalue weighted by Gasteiger charge is 2.31. The molecule has 1 N–H and O–H groups in total. The first-order valence-electron chi connectivity index (χ1n) is 13.8. The normalized spacial score (nSPS) is 26.8. The molecule has 3 aliphatic rings. The SMILES string of the molecule is CN1CCC(CN(c2ccc(F)cc2)C2CCC(n3ncc(NCC4CCCOC4)c(Cl)c3=O)CC2)C1. The van der Waals surface area contributed by atoms with Crippen molar-refractivity contribution in [2.75, 3.05) is 56.7 Å². The summed E-state index contributed by atoms with van der Waals surface area (Å²) in [5.41, 5.74) is 1.46. The van der Waals surface area contributed by atoms with Crippen molar-refractivity contribution < 1.29 is 9.13 Å². The Labute approximate surface area is 223 Å². The molecule has 1 aliphatic carbocycles. The van der Waals surface area contributed by atoms with Gasteiger partial charge in [0, 0.05) is 38.0 Å². The predicted octanol–water partition coefficient (Wildman–Crippen LogP) is 4.82. The summed E-state index contributed by atoms with van der Waals surface area (Å²) in [6, 6.07) is 7.30. The monoisotopic (exact) mass is 531 g/mol. The van der Waals surface area contributed by atoms with Gasteiger partial charge in [-0.1, -0.05) is 11.6 Å². The first kappa shape index (κ1) is 26.4. The third-order valence-corrected chi connectivity index (χ3v) is 8.70. The van der Waals surface area contributed by atoms with E-state index in [-0.39, 0.29) is 22.4 Å². The number of benzene rings is 1. The smallest absolute Gasteiger partial charge is 0.287 e. The van der Waals surface area contributed by atoms with Crippen molar-refractivity contribution >= 4 is 23.0 Å². The maximum Gasteiger partial charge on any atom is 0.287 e. The minimum atomic E-state index is -0.223. The molecule has 2 aromatic rings. The Kier molecular flexibility index (Phi) is 8.67. The van der Waals surface area contributed by atoms with Crippen LogP contribution in [0.4, 0.5) is 15.8 Å². The summed E-state index contributed by atoms with van der Waals surface area (Å²) in [4.78, 5) is 18.0. The highest BCUT2D eigenvalue weighted by Crippen LogP contribution is 2.34. The molecule has 202 valence electrons. The number of ether oxygens (including phenoxy) is 1. The maximum absolute atomic E-state index is 13.6. The largest absolute Gasteiger partial charge is 0.382 e. The molecule has 37 heavy (non-hydrogen) atoms. The Hall–Kier alpha value is -2.16. The average molecular weight is 532 g/mol. The van der Waals surface area contributed by atoms with Crippen molar-refractivity contribution in [1.82, 2.24) is 14.7 Å². The molecule has 0 radical (unpaired) electrons. The zero-order valence-corrected chi connectivity index (χ0v) is 22.5. The van der Waals surface area contributed by atoms with Crippen molar-refractivity contribution in [2.45, 2.75) is 57.0 Å². The van der Waals surface area contributed by atoms with Gasteiger partial charge in [0.2, 0.25) is 0 Å². The molecule has 2 atom stereocenters. The molecule has 0 amide bonds. The van der Waals surface area contributed by atoms with Gasteiger partial charge in [0.15, 0.2) is 0 Å². The van der Waals surface area contributed by atoms with E-state index in [0.29, 0.717) is 23.6 Å². The van der Waals surface area contributed by atoms with Crippen molar-refractivity contribution in [2.24, 2.45) is 11.8 Å². The van der Waals surface area contributed by atoms with Crippen molar-refractivity contribution in [3.63, 3.8) is 0 Å². The molecular weight excluding hydrogens is 493 g/mol. The maximum atomic E-state index is 13.6. The molecule has 0 bridgehead atoms. The molecule has 1 aromatic carbocycles. The lowest BCUT2D eigenvalue weighted by atomic mass is 9.89. The van der Waals surface area contributed by atoms with Gasteiger partial charge in [-0.25, -0.2) is 9.07 Å². The van der Waals surface area contributed by atoms with E-state index in [4.69, 9.17) is 16.3 Å². The first-order valence-corrected chi connectivity index (χ1v) is 14.2. The van der Waals surface area contributed by atoms with Gasteiger partial charge in [-0.3, -0.25) is 4.79 Å². The van der Waals surface area contributed by atoms with Crippen LogP contribution in [0.2, 0.25) is 5.02 Å². The van der Waals surface area contributed by atoms with Gasteiger partial charge in [0.25, 0.3) is 5.56 Å². The average Bonchev–Trinajstić information content (AvgIpc) is 3.34. The highest BCUT2D eigenvalue weighted by molar-refractivity contribution is 6.32. The lowest BCUT2D eigenvalue weighted by Gasteiger charge is -2.40. The second kappa shape index (κ2) is 12.1. The quantitative estimate of drug-likeness (QED) is 0.527. The molecule has 3 heterocycles. The van der Waals surface area contributed by atoms with Crippen LogP contribution in [0.15, 0.2) is 35.3 Å². The molecule has 2 aliphatic heterocycles. The zero-order chi connectivity index (χ0) is 25.8. The lowest BCUT2D eigenvalue weighted by molar-refractivity contribution is 0.0595. The topological polar surface area (TPSA) is 62.6 Å². The van der Waals surface area contributed by atoms with Gasteiger partial charge in [-0.05, 0) is 94.6 Å². The Morgan fingerprint density at radius 1 is 1.14 bits per heavy atom. The molecular formula is C28H39ClFN5O2. The summed E-state index contributed by atoms with van der Waals surface area (Å²) in [5, 5.41) is 8.05. The fraction of sp³-hybridized carbons (Fsp3) is 0.643. The Morgan fingerprint density at radius 2 is 1.92 bits per heavy atom. The van der Waals surface area contributed by atoms with E-state index in [1.807, 2.05) is 12.1 Å². The number of nitrogens with zero attached hydrogens (tertiary/aromatic N) is 4. The van der Waals surface area contributed by atoms with E-state index in [2.05, 4.69) is 27.3 Å². The Balaban J connectivity index is 1.23. The number of aromatic nitrogens is 2. The van der Waals surface area contributed by atoms with E-state index in [1.165, 1.54) is 6.42 Å². The minimum absolute atomic E-state index is 0.0368. The molecule has 3 fully saturated rings. The van der Waals surface area contributed by atoms with Crippen LogP contribution in [0.25, 0.3) is 0 Å². The van der Waals surface area contributed by atoms with Crippen molar-refractivity contribution in [3.8, 4) is 0 Å². The Morgan fingerprint density at radius 3 is 2.59 bits per heavy atom. The molecule has 7 nitrogen and oxygen atoms in total. The number of halogens is 2. The predicted molar refractivity (Wildman–Crippen MR) is 146 cm³/mol. The summed E-state index contributed by atoms with van der Waals surface area (Å²) in [5.74, 6) is 0.827. The second-order valence-electron chi connectivity index (χ2n) is 11.1. The fourth-order valence-electron chi connectivity index (χ4n) is 6.22. The lowest BCUT2D eigenvalue weighted by Crippen LogP contribution is -2.43. The third-order valence-electron chi connectivity index (χ3n) is 8.33. The van der Waals surface area contributed by atoms with Gasteiger partial charge in [0.05, 0.1) is 24.5 Å². The molecule has 1 saturated carbocycles. The molecule has 0 spiro atoms. The van der Waals surface area contributed by atoms with Crippen LogP contribution in [0.5, 0.6) is 0 Å². The summed E-state index contributed by atoms with van der Waals surface area (Å²) in [6.07, 6.45) is 8.71. The molecule has 2 unspecified atom stereocenters. The number of anilines is 2. The van der Waals surface area contributed by atoms with E-state index in [0.717, 1.165) is 83.6 Å². The molecule has 2 saturated heterocycles. The number of hydrogen-bond acceptors (Lipinski definition) is 6. The number of nitrogens with one attached hydrogen (secondary N) is 1. The zero-order valence-electron chi connectivity index (χ0n) is 21.7. The van der Waals surface area contributed by atoms with Crippen LogP contribution in [0.1, 0.15) is 51.0 Å². The van der Waals surface area contributed by atoms with E-state index < -0.39 is 0 Å². The summed E-state index contributed by atoms with van der Waals surface area (Å²) in [7, 11) is 2.18. The second-order valence-corrected chi connectivity index (χ2v) is 11.5. The number of likely N-dealkylation sites (tertiary alicyclic amines) is 1. The standard InChI is InChI=1S/C28H39ClFN5O2/c1-33-13-12-21(17-33)18-34(23-6-4-22(30)5-7-23)24-8-10-25(11-9-24)35-28(36)27(29)26(16-32-35)31-15-20-3-2-14-37-19-20/h4-7,16,20-21,24-25,31H,2-3,8-15,17-19H2,1H3. The summed E-state index contributed by atoms with van der Waals surface area (Å²) >= 11 is 6.50. The van der Waals surface area contributed by atoms with Gasteiger partial charge >= 0.3 is 0 Å². The van der Waals surface area contributed by atoms with Crippen LogP contribution < -0.4 is 15.8 Å². The number of rotatable bonds is 8. The van der Waals surface area contributed by atoms with Crippen LogP contribution in [0, 0.1) is 17.7 Å². The molecule has 9 heteroatoms. The third kappa shape index (κ3) is 6.47. The van der Waals surface area contributed by atoms with E-state index >= 15 is 0 Å². The van der Waals surface area contributed by atoms with Gasteiger partial charge < -0.3 is 19.9 Å². The fourth-order valence-corrected chi connectivity index (χ4v) is 6.42. The van der Waals surface area contributed by atoms with Crippen LogP contribution >= 0.6 is 11.6 Å². The summed E-state index contributed by atoms with van der Waals surface area (Å²) < 4.78 is 20.8. The minimum Gasteiger partial charge on any atom is -0.382 e. The van der Waals surface area contributed by atoms with E-state index in [1.54, 1.807) is 23.0 Å². The van der Waals surface area contributed by atoms with Crippen molar-refractivity contribution in [3.05, 3.63) is 51.7 Å². The van der Waals surface area contributed by atoms with Crippen LogP contribution in [-0.2, 0) is 4.74 Å². The Bertz CT molecular complexity index is 1080. The van der Waals surface area contributed by atoms with Gasteiger partial charge in [0.1, 0.15) is 10.8 Å². The van der Waals surface area contributed by atoms with Gasteiger partial charge in [-0.15, -0.1) is 0 Å². The van der Waals surface area contributed by atoms with Crippen molar-refractivity contribution in [1.29, 1.82) is 0 Å². The van der Waals surface area contributed by atoms with Crippen LogP contribution in [-0.4, -0.2) is 67.2 Å². The first-order chi connectivity index (χ1) is 18.0. The van der Waals surface area contributed by atoms with Gasteiger partial charge in [-0.2, -0.15) is 5.10 Å². The van der Waals surface area contributed by atoms with E-state index in [9.17, 15) is 9.18 Å².